The first-order valence-electron chi connectivity index (χ1n) is 11.4. The maximum Gasteiger partial charge on any atom is 0.220 e. The number of primary amides is 1. The lowest BCUT2D eigenvalue weighted by Crippen LogP contribution is -2.39. The molecule has 0 spiro atoms. The molecule has 2 fully saturated rings. The van der Waals surface area contributed by atoms with E-state index in [0.717, 1.165) is 75.8 Å². The number of pyridine rings is 1. The Labute approximate surface area is 207 Å². The van der Waals surface area contributed by atoms with Gasteiger partial charge in [-0.15, -0.1) is 24.0 Å². The van der Waals surface area contributed by atoms with E-state index < -0.39 is 0 Å². The molecular weight excluding hydrogens is 523 g/mol. The van der Waals surface area contributed by atoms with Gasteiger partial charge in [-0.3, -0.25) is 4.79 Å². The third-order valence-electron chi connectivity index (χ3n) is 5.67. The maximum absolute atomic E-state index is 11.4. The topological polar surface area (TPSA) is 114 Å². The SMILES string of the molecule is CCNC(=NCc1cccnc1N1CCC(C(N)=O)CC1)NCCCOC1CCOC1.I. The molecule has 1 atom stereocenters. The Bertz CT molecular complexity index is 721. The van der Waals surface area contributed by atoms with Crippen LogP contribution in [-0.2, 0) is 20.8 Å². The third-order valence-corrected chi connectivity index (χ3v) is 5.67. The van der Waals surface area contributed by atoms with Crippen molar-refractivity contribution in [2.75, 3.05) is 50.9 Å². The third kappa shape index (κ3) is 8.36. The summed E-state index contributed by atoms with van der Waals surface area (Å²) in [5.74, 6) is 1.50. The molecule has 32 heavy (non-hydrogen) atoms. The molecule has 1 aromatic rings. The van der Waals surface area contributed by atoms with Crippen LogP contribution in [-0.4, -0.2) is 69.0 Å². The Morgan fingerprint density at radius 3 is 2.84 bits per heavy atom. The minimum Gasteiger partial charge on any atom is -0.379 e. The molecule has 2 saturated heterocycles. The number of ether oxygens (including phenoxy) is 2. The quantitative estimate of drug-likeness (QED) is 0.173. The Hall–Kier alpha value is -1.66. The molecule has 0 aliphatic carbocycles. The van der Waals surface area contributed by atoms with Gasteiger partial charge in [-0.1, -0.05) is 6.07 Å². The fraction of sp³-hybridized carbons (Fsp3) is 0.682. The molecule has 0 saturated carbocycles. The molecule has 3 heterocycles. The molecule has 3 rings (SSSR count). The molecule has 10 heteroatoms. The zero-order valence-electron chi connectivity index (χ0n) is 18.9. The standard InChI is InChI=1S/C22H36N6O3.HI/c1-2-24-22(26-10-4-13-31-19-8-14-30-16-19)27-15-18-5-3-9-25-21(18)28-11-6-17(7-12-28)20(23)29;/h3,5,9,17,19H,2,4,6-8,10-16H2,1H3,(H2,23,29)(H2,24,26,27);1H. The van der Waals surface area contributed by atoms with E-state index in [-0.39, 0.29) is 41.9 Å². The fourth-order valence-electron chi connectivity index (χ4n) is 3.89. The van der Waals surface area contributed by atoms with Gasteiger partial charge in [0.25, 0.3) is 0 Å². The highest BCUT2D eigenvalue weighted by Gasteiger charge is 2.24. The number of piperidine rings is 1. The smallest absolute Gasteiger partial charge is 0.220 e. The van der Waals surface area contributed by atoms with Crippen LogP contribution < -0.4 is 21.3 Å². The van der Waals surface area contributed by atoms with Crippen molar-refractivity contribution in [2.24, 2.45) is 16.6 Å². The zero-order valence-corrected chi connectivity index (χ0v) is 21.3. The number of nitrogens with zero attached hydrogens (tertiary/aromatic N) is 3. The molecule has 0 radical (unpaired) electrons. The van der Waals surface area contributed by atoms with E-state index in [1.54, 1.807) is 0 Å². The first-order chi connectivity index (χ1) is 15.2. The summed E-state index contributed by atoms with van der Waals surface area (Å²) in [5, 5.41) is 6.67. The minimum atomic E-state index is -0.200. The summed E-state index contributed by atoms with van der Waals surface area (Å²) < 4.78 is 11.1. The molecule has 0 bridgehead atoms. The molecule has 2 aliphatic rings. The van der Waals surface area contributed by atoms with Gasteiger partial charge in [0, 0.05) is 57.1 Å². The highest BCUT2D eigenvalue weighted by atomic mass is 127. The Morgan fingerprint density at radius 2 is 2.16 bits per heavy atom. The number of aliphatic imine (C=N–C) groups is 1. The zero-order chi connectivity index (χ0) is 21.9. The van der Waals surface area contributed by atoms with Crippen molar-refractivity contribution >= 4 is 41.7 Å². The monoisotopic (exact) mass is 560 g/mol. The van der Waals surface area contributed by atoms with Crippen LogP contribution in [0.1, 0.15) is 38.2 Å². The van der Waals surface area contributed by atoms with Crippen LogP contribution in [0, 0.1) is 5.92 Å². The first-order valence-corrected chi connectivity index (χ1v) is 11.4. The molecular formula is C22H37IN6O3. The number of nitrogens with one attached hydrogen (secondary N) is 2. The highest BCUT2D eigenvalue weighted by Crippen LogP contribution is 2.24. The van der Waals surface area contributed by atoms with E-state index in [2.05, 4.69) is 33.5 Å². The molecule has 4 N–H and O–H groups in total. The van der Waals surface area contributed by atoms with Crippen LogP contribution in [0.5, 0.6) is 0 Å². The van der Waals surface area contributed by atoms with Crippen molar-refractivity contribution in [3.8, 4) is 0 Å². The van der Waals surface area contributed by atoms with Gasteiger partial charge in [-0.25, -0.2) is 9.98 Å². The van der Waals surface area contributed by atoms with Crippen molar-refractivity contribution in [1.29, 1.82) is 0 Å². The van der Waals surface area contributed by atoms with Crippen molar-refractivity contribution in [1.82, 2.24) is 15.6 Å². The number of carbonyl (C=O) groups is 1. The molecule has 1 aromatic heterocycles. The second-order valence-electron chi connectivity index (χ2n) is 7.98. The number of aromatic nitrogens is 1. The predicted octanol–water partition coefficient (Wildman–Crippen LogP) is 1.65. The van der Waals surface area contributed by atoms with E-state index in [9.17, 15) is 4.79 Å². The van der Waals surface area contributed by atoms with E-state index in [1.807, 2.05) is 12.3 Å². The lowest BCUT2D eigenvalue weighted by molar-refractivity contribution is -0.122. The Kier molecular flexibility index (Phi) is 12.0. The summed E-state index contributed by atoms with van der Waals surface area (Å²) in [6.07, 6.45) is 5.50. The Balaban J connectivity index is 0.00000363. The van der Waals surface area contributed by atoms with E-state index in [0.29, 0.717) is 19.8 Å². The summed E-state index contributed by atoms with van der Waals surface area (Å²) in [6.45, 7) is 7.97. The van der Waals surface area contributed by atoms with Crippen molar-refractivity contribution < 1.29 is 14.3 Å². The Morgan fingerprint density at radius 1 is 1.34 bits per heavy atom. The van der Waals surface area contributed by atoms with E-state index >= 15 is 0 Å². The predicted molar refractivity (Wildman–Crippen MR) is 136 cm³/mol. The molecule has 180 valence electrons. The van der Waals surface area contributed by atoms with Crippen LogP contribution >= 0.6 is 24.0 Å². The summed E-state index contributed by atoms with van der Waals surface area (Å²) in [7, 11) is 0. The van der Waals surface area contributed by atoms with Crippen LogP contribution in [0.3, 0.4) is 0 Å². The lowest BCUT2D eigenvalue weighted by atomic mass is 9.96. The maximum atomic E-state index is 11.4. The van der Waals surface area contributed by atoms with E-state index in [1.165, 1.54) is 0 Å². The lowest BCUT2D eigenvalue weighted by Gasteiger charge is -2.32. The van der Waals surface area contributed by atoms with Crippen molar-refractivity contribution in [3.05, 3.63) is 23.9 Å². The van der Waals surface area contributed by atoms with Gasteiger partial charge in [-0.05, 0) is 38.7 Å². The summed E-state index contributed by atoms with van der Waals surface area (Å²) in [6, 6.07) is 4.00. The number of rotatable bonds is 10. The molecule has 2 aliphatic heterocycles. The van der Waals surface area contributed by atoms with Crippen LogP contribution in [0.4, 0.5) is 5.82 Å². The summed E-state index contributed by atoms with van der Waals surface area (Å²) in [5.41, 5.74) is 6.53. The number of hydrogen-bond acceptors (Lipinski definition) is 6. The number of carbonyl (C=O) groups excluding carboxylic acids is 1. The molecule has 1 amide bonds. The normalized spacial score (nSPS) is 19.5. The summed E-state index contributed by atoms with van der Waals surface area (Å²) >= 11 is 0. The molecule has 0 aromatic carbocycles. The number of nitrogens with two attached hydrogens (primary N) is 1. The average molecular weight is 560 g/mol. The highest BCUT2D eigenvalue weighted by molar-refractivity contribution is 14.0. The minimum absolute atomic E-state index is 0. The van der Waals surface area contributed by atoms with Gasteiger partial charge >= 0.3 is 0 Å². The van der Waals surface area contributed by atoms with Gasteiger partial charge in [0.15, 0.2) is 5.96 Å². The van der Waals surface area contributed by atoms with Crippen LogP contribution in [0.15, 0.2) is 23.3 Å². The molecule has 9 nitrogen and oxygen atoms in total. The van der Waals surface area contributed by atoms with Crippen molar-refractivity contribution in [3.63, 3.8) is 0 Å². The summed E-state index contributed by atoms with van der Waals surface area (Å²) in [4.78, 5) is 23.0. The number of guanidine groups is 1. The first kappa shape index (κ1) is 26.6. The van der Waals surface area contributed by atoms with Crippen molar-refractivity contribution in [2.45, 2.75) is 45.3 Å². The number of anilines is 1. The van der Waals surface area contributed by atoms with Gasteiger partial charge in [-0.2, -0.15) is 0 Å². The van der Waals surface area contributed by atoms with Gasteiger partial charge in [0.1, 0.15) is 5.82 Å². The second-order valence-corrected chi connectivity index (χ2v) is 7.98. The van der Waals surface area contributed by atoms with Gasteiger partial charge in [0.05, 0.1) is 19.3 Å². The molecule has 1 unspecified atom stereocenters. The number of amides is 1. The van der Waals surface area contributed by atoms with Gasteiger partial charge < -0.3 is 30.7 Å². The largest absolute Gasteiger partial charge is 0.379 e. The number of halogens is 1. The number of hydrogen-bond donors (Lipinski definition) is 3. The second kappa shape index (κ2) is 14.5. The van der Waals surface area contributed by atoms with Crippen LogP contribution in [0.25, 0.3) is 0 Å². The fourth-order valence-corrected chi connectivity index (χ4v) is 3.89. The average Bonchev–Trinajstić information content (AvgIpc) is 3.31. The van der Waals surface area contributed by atoms with Crippen LogP contribution in [0.2, 0.25) is 0 Å². The van der Waals surface area contributed by atoms with Gasteiger partial charge in [0.2, 0.25) is 5.91 Å². The van der Waals surface area contributed by atoms with E-state index in [4.69, 9.17) is 20.2 Å².